The minimum absolute atomic E-state index is 0. The molecule has 1 nitrogen and oxygen atoms in total. The van der Waals surface area contributed by atoms with Crippen LogP contribution >= 0.6 is 0 Å². The maximum Gasteiger partial charge on any atom is 0.388 e. The first-order valence-corrected chi connectivity index (χ1v) is 5.59. The molecule has 17 heavy (non-hydrogen) atoms. The average Bonchev–Trinajstić information content (AvgIpc) is 2.04. The van der Waals surface area contributed by atoms with Crippen LogP contribution in [0.3, 0.4) is 0 Å². The molecular weight excluding hydrogens is 229 g/mol. The fraction of sp³-hybridized carbons (Fsp3) is 1.00. The molecule has 4 heteroatoms. The predicted molar refractivity (Wildman–Crippen MR) is 72.5 cm³/mol. The third-order valence-corrected chi connectivity index (χ3v) is 0.401. The Labute approximate surface area is 107 Å². The molecule has 0 aromatic rings. The number of hydrogen-bond donors (Lipinski definition) is 0. The summed E-state index contributed by atoms with van der Waals surface area (Å²) in [6.45, 7) is 11.8. The van der Waals surface area contributed by atoms with E-state index in [1.165, 1.54) is 6.42 Å². The van der Waals surface area contributed by atoms with Crippen LogP contribution in [-0.4, -0.2) is 20.4 Å². The lowest BCUT2D eigenvalue weighted by molar-refractivity contribution is -0.130. The summed E-state index contributed by atoms with van der Waals surface area (Å²) in [6.07, 6.45) is -3.44. The van der Waals surface area contributed by atoms with Crippen LogP contribution < -0.4 is 0 Å². The van der Waals surface area contributed by atoms with Gasteiger partial charge in [-0.25, -0.2) is 0 Å². The van der Waals surface area contributed by atoms with Crippen molar-refractivity contribution in [3.8, 4) is 0 Å². The second kappa shape index (κ2) is 24.8. The standard InChI is InChI=1S/C4H10.C3H5F3.C3H8.C2H6O.CH4/c1-4(2)3;1-2-3(4,5)6;2*1-3-2;/h4H,1-3H3;2H2,1H3;3H2,1-2H3;1-2H3;1H4. The summed E-state index contributed by atoms with van der Waals surface area (Å²) < 4.78 is 36.6. The third-order valence-electron chi connectivity index (χ3n) is 0.401. The summed E-state index contributed by atoms with van der Waals surface area (Å²) in [5.41, 5.74) is 0. The van der Waals surface area contributed by atoms with Gasteiger partial charge >= 0.3 is 6.18 Å². The summed E-state index contributed by atoms with van der Waals surface area (Å²) in [5, 5.41) is 0. The smallest absolute Gasteiger partial charge is 0.388 e. The summed E-state index contributed by atoms with van der Waals surface area (Å²) in [5.74, 6) is 0.833. The monoisotopic (exact) mass is 262 g/mol. The normalized spacial score (nSPS) is 8.47. The largest absolute Gasteiger partial charge is 0.388 e. The van der Waals surface area contributed by atoms with Crippen LogP contribution in [0, 0.1) is 5.92 Å². The van der Waals surface area contributed by atoms with Gasteiger partial charge in [0.1, 0.15) is 0 Å². The number of halogens is 3. The van der Waals surface area contributed by atoms with E-state index in [4.69, 9.17) is 0 Å². The highest BCUT2D eigenvalue weighted by atomic mass is 19.4. The number of hydrogen-bond acceptors (Lipinski definition) is 1. The molecule has 0 aliphatic heterocycles. The molecule has 0 saturated carbocycles. The molecule has 112 valence electrons. The van der Waals surface area contributed by atoms with Crippen molar-refractivity contribution in [1.82, 2.24) is 0 Å². The van der Waals surface area contributed by atoms with E-state index >= 15 is 0 Å². The lowest BCUT2D eigenvalue weighted by Gasteiger charge is -1.96. The van der Waals surface area contributed by atoms with Gasteiger partial charge in [0.05, 0.1) is 0 Å². The lowest BCUT2D eigenvalue weighted by Crippen LogP contribution is -2.02. The number of alkyl halides is 3. The summed E-state index contributed by atoms with van der Waals surface area (Å²) in [7, 11) is 3.25. The lowest BCUT2D eigenvalue weighted by atomic mass is 10.3. The van der Waals surface area contributed by atoms with Gasteiger partial charge in [-0.1, -0.05) is 55.4 Å². The molecule has 0 saturated heterocycles. The second-order valence-corrected chi connectivity index (χ2v) is 3.82. The molecule has 0 fully saturated rings. The van der Waals surface area contributed by atoms with Crippen molar-refractivity contribution in [3.63, 3.8) is 0 Å². The Morgan fingerprint density at radius 2 is 1.00 bits per heavy atom. The molecule has 0 amide bonds. The number of methoxy groups -OCH3 is 1. The average molecular weight is 262 g/mol. The van der Waals surface area contributed by atoms with Crippen LogP contribution in [0.5, 0.6) is 0 Å². The first-order chi connectivity index (χ1) is 7.12. The molecule has 0 unspecified atom stereocenters. The van der Waals surface area contributed by atoms with Gasteiger partial charge in [0.2, 0.25) is 0 Å². The van der Waals surface area contributed by atoms with Crippen molar-refractivity contribution < 1.29 is 17.9 Å². The molecule has 0 bridgehead atoms. The Balaban J connectivity index is -0.0000000388. The van der Waals surface area contributed by atoms with Crippen molar-refractivity contribution in [1.29, 1.82) is 0 Å². The molecule has 0 aliphatic rings. The quantitative estimate of drug-likeness (QED) is 0.525. The van der Waals surface area contributed by atoms with Crippen LogP contribution in [-0.2, 0) is 4.74 Å². The van der Waals surface area contributed by atoms with Crippen molar-refractivity contribution in [2.24, 2.45) is 5.92 Å². The summed E-state index contributed by atoms with van der Waals surface area (Å²) >= 11 is 0. The van der Waals surface area contributed by atoms with E-state index in [-0.39, 0.29) is 7.43 Å². The zero-order valence-corrected chi connectivity index (χ0v) is 12.0. The molecule has 0 radical (unpaired) electrons. The third kappa shape index (κ3) is 394. The highest BCUT2D eigenvalue weighted by Crippen LogP contribution is 2.17. The molecule has 0 spiro atoms. The first kappa shape index (κ1) is 30.1. The molecule has 0 atom stereocenters. The molecule has 0 rings (SSSR count). The molecule has 0 aliphatic carbocycles. The van der Waals surface area contributed by atoms with Crippen molar-refractivity contribution >= 4 is 0 Å². The highest BCUT2D eigenvalue weighted by Gasteiger charge is 2.22. The number of rotatable bonds is 0. The van der Waals surface area contributed by atoms with Crippen LogP contribution in [0.4, 0.5) is 13.2 Å². The fourth-order valence-electron chi connectivity index (χ4n) is 0. The van der Waals surface area contributed by atoms with Gasteiger partial charge in [0, 0.05) is 20.6 Å². The van der Waals surface area contributed by atoms with E-state index in [1.54, 1.807) is 14.2 Å². The Morgan fingerprint density at radius 1 is 0.941 bits per heavy atom. The summed E-state index contributed by atoms with van der Waals surface area (Å²) in [6, 6.07) is 0. The minimum atomic E-state index is -3.96. The molecule has 0 heterocycles. The molecule has 0 aromatic heterocycles. The van der Waals surface area contributed by atoms with Gasteiger partial charge in [0.15, 0.2) is 0 Å². The topological polar surface area (TPSA) is 9.23 Å². The van der Waals surface area contributed by atoms with Crippen LogP contribution in [0.2, 0.25) is 0 Å². The zero-order valence-electron chi connectivity index (χ0n) is 12.0. The first-order valence-electron chi connectivity index (χ1n) is 5.59. The Kier molecular flexibility index (Phi) is 43.9. The van der Waals surface area contributed by atoms with Gasteiger partial charge in [-0.3, -0.25) is 0 Å². The van der Waals surface area contributed by atoms with Crippen molar-refractivity contribution in [3.05, 3.63) is 0 Å². The van der Waals surface area contributed by atoms with Crippen molar-refractivity contribution in [2.45, 2.75) is 68.0 Å². The van der Waals surface area contributed by atoms with E-state index in [2.05, 4.69) is 39.4 Å². The Bertz CT molecular complexity index is 86.4. The van der Waals surface area contributed by atoms with Gasteiger partial charge in [-0.15, -0.1) is 0 Å². The SMILES string of the molecule is C.CC(C)C.CCC.CCC(F)(F)F.COC. The van der Waals surface area contributed by atoms with Crippen LogP contribution in [0.15, 0.2) is 0 Å². The zero-order chi connectivity index (χ0) is 14.2. The van der Waals surface area contributed by atoms with Crippen LogP contribution in [0.25, 0.3) is 0 Å². The van der Waals surface area contributed by atoms with Gasteiger partial charge in [-0.2, -0.15) is 13.2 Å². The van der Waals surface area contributed by atoms with Gasteiger partial charge < -0.3 is 4.74 Å². The summed E-state index contributed by atoms with van der Waals surface area (Å²) in [4.78, 5) is 0. The fourth-order valence-corrected chi connectivity index (χ4v) is 0. The number of ether oxygens (including phenoxy) is 1. The van der Waals surface area contributed by atoms with E-state index < -0.39 is 12.6 Å². The second-order valence-electron chi connectivity index (χ2n) is 3.82. The maximum absolute atomic E-state index is 10.8. The molecule has 0 aromatic carbocycles. The maximum atomic E-state index is 10.8. The molecule has 0 N–H and O–H groups in total. The van der Waals surface area contributed by atoms with E-state index in [9.17, 15) is 13.2 Å². The van der Waals surface area contributed by atoms with E-state index in [0.29, 0.717) is 0 Å². The van der Waals surface area contributed by atoms with Crippen molar-refractivity contribution in [2.75, 3.05) is 14.2 Å². The van der Waals surface area contributed by atoms with Gasteiger partial charge in [0.25, 0.3) is 0 Å². The highest BCUT2D eigenvalue weighted by molar-refractivity contribution is 4.39. The Hall–Kier alpha value is -0.250. The predicted octanol–water partition coefficient (Wildman–Crippen LogP) is 5.94. The molecular formula is C13H33F3O. The van der Waals surface area contributed by atoms with Crippen LogP contribution in [0.1, 0.15) is 61.8 Å². The Morgan fingerprint density at radius 3 is 1.00 bits per heavy atom. The van der Waals surface area contributed by atoms with E-state index in [0.717, 1.165) is 12.8 Å². The minimum Gasteiger partial charge on any atom is -0.388 e. The van der Waals surface area contributed by atoms with Gasteiger partial charge in [-0.05, 0) is 5.92 Å². The van der Waals surface area contributed by atoms with E-state index in [1.807, 2.05) is 0 Å².